The van der Waals surface area contributed by atoms with Crippen LogP contribution >= 0.6 is 0 Å². The van der Waals surface area contributed by atoms with Crippen LogP contribution in [-0.4, -0.2) is 24.4 Å². The van der Waals surface area contributed by atoms with E-state index in [1.165, 1.54) is 0 Å². The molecule has 0 bridgehead atoms. The zero-order valence-corrected chi connectivity index (χ0v) is 7.53. The molecule has 78 valence electrons. The van der Waals surface area contributed by atoms with E-state index in [0.29, 0.717) is 13.0 Å². The van der Waals surface area contributed by atoms with E-state index in [-0.39, 0.29) is 12.5 Å². The summed E-state index contributed by atoms with van der Waals surface area (Å²) in [6.45, 7) is 2.19. The molecule has 0 aromatic carbocycles. The number of ether oxygens (including phenoxy) is 1. The van der Waals surface area contributed by atoms with Gasteiger partial charge in [0.15, 0.2) is 0 Å². The van der Waals surface area contributed by atoms with Gasteiger partial charge in [-0.25, -0.2) is 0 Å². The molecule has 1 aliphatic heterocycles. The summed E-state index contributed by atoms with van der Waals surface area (Å²) in [6.07, 6.45) is -4.73. The lowest BCUT2D eigenvalue weighted by molar-refractivity contribution is -0.139. The first kappa shape index (κ1) is 10.8. The predicted molar refractivity (Wildman–Crippen MR) is 42.2 cm³/mol. The topological polar surface area (TPSA) is 35.2 Å². The molecule has 0 aliphatic carbocycles. The lowest BCUT2D eigenvalue weighted by Gasteiger charge is -2.27. The number of rotatable bonds is 2. The van der Waals surface area contributed by atoms with Gasteiger partial charge in [0.05, 0.1) is 6.10 Å². The van der Waals surface area contributed by atoms with Crippen molar-refractivity contribution in [3.05, 3.63) is 0 Å². The Hall–Kier alpha value is -0.290. The van der Waals surface area contributed by atoms with E-state index >= 15 is 0 Å². The summed E-state index contributed by atoms with van der Waals surface area (Å²) in [5.74, 6) is 0. The van der Waals surface area contributed by atoms with Gasteiger partial charge < -0.3 is 10.5 Å². The predicted octanol–water partition coefficient (Wildman–Crippen LogP) is 1.84. The van der Waals surface area contributed by atoms with E-state index < -0.39 is 18.1 Å². The highest BCUT2D eigenvalue weighted by Crippen LogP contribution is 2.32. The molecule has 0 spiro atoms. The number of halogens is 3. The Morgan fingerprint density at radius 3 is 2.54 bits per heavy atom. The third kappa shape index (κ3) is 2.84. The first-order chi connectivity index (χ1) is 5.83. The van der Waals surface area contributed by atoms with Gasteiger partial charge in [0.25, 0.3) is 0 Å². The Bertz CT molecular complexity index is 183. The Balaban J connectivity index is 2.43. The Kier molecular flexibility index (Phi) is 2.87. The van der Waals surface area contributed by atoms with Crippen molar-refractivity contribution in [1.82, 2.24) is 0 Å². The van der Waals surface area contributed by atoms with Crippen LogP contribution in [0.4, 0.5) is 13.2 Å². The molecular weight excluding hydrogens is 183 g/mol. The molecule has 0 aromatic heterocycles. The van der Waals surface area contributed by atoms with Crippen molar-refractivity contribution in [3.63, 3.8) is 0 Å². The minimum atomic E-state index is -4.12. The smallest absolute Gasteiger partial charge is 0.377 e. The lowest BCUT2D eigenvalue weighted by Crippen LogP contribution is -2.46. The highest BCUT2D eigenvalue weighted by molar-refractivity contribution is 4.94. The Morgan fingerprint density at radius 2 is 2.15 bits per heavy atom. The van der Waals surface area contributed by atoms with Gasteiger partial charge in [-0.2, -0.15) is 13.2 Å². The van der Waals surface area contributed by atoms with Crippen molar-refractivity contribution in [2.75, 3.05) is 6.61 Å². The van der Waals surface area contributed by atoms with E-state index in [1.807, 2.05) is 0 Å². The van der Waals surface area contributed by atoms with Gasteiger partial charge in [-0.15, -0.1) is 0 Å². The van der Waals surface area contributed by atoms with Gasteiger partial charge in [0, 0.05) is 18.6 Å². The van der Waals surface area contributed by atoms with Crippen LogP contribution in [0.1, 0.15) is 26.2 Å². The minimum absolute atomic E-state index is 0.0440. The van der Waals surface area contributed by atoms with E-state index in [1.54, 1.807) is 6.92 Å². The first-order valence-electron chi connectivity index (χ1n) is 4.31. The molecular formula is C8H14F3NO. The van der Waals surface area contributed by atoms with Crippen molar-refractivity contribution in [3.8, 4) is 0 Å². The molecule has 0 saturated carbocycles. The molecule has 2 nitrogen and oxygen atoms in total. The Labute approximate surface area is 75.2 Å². The van der Waals surface area contributed by atoms with Crippen LogP contribution < -0.4 is 5.73 Å². The molecule has 5 heteroatoms. The highest BCUT2D eigenvalue weighted by Gasteiger charge is 2.40. The summed E-state index contributed by atoms with van der Waals surface area (Å²) < 4.78 is 40.9. The second-order valence-corrected chi connectivity index (χ2v) is 3.61. The third-order valence-corrected chi connectivity index (χ3v) is 2.62. The quantitative estimate of drug-likeness (QED) is 0.733. The van der Waals surface area contributed by atoms with Crippen molar-refractivity contribution < 1.29 is 17.9 Å². The second kappa shape index (κ2) is 3.46. The van der Waals surface area contributed by atoms with Gasteiger partial charge in [-0.05, 0) is 19.8 Å². The fourth-order valence-corrected chi connectivity index (χ4v) is 1.50. The van der Waals surface area contributed by atoms with Crippen molar-refractivity contribution >= 4 is 0 Å². The van der Waals surface area contributed by atoms with E-state index in [2.05, 4.69) is 0 Å². The Morgan fingerprint density at radius 1 is 1.54 bits per heavy atom. The van der Waals surface area contributed by atoms with Crippen molar-refractivity contribution in [2.45, 2.75) is 44.0 Å². The molecule has 0 amide bonds. The van der Waals surface area contributed by atoms with Gasteiger partial charge >= 0.3 is 6.18 Å². The molecule has 1 fully saturated rings. The van der Waals surface area contributed by atoms with Crippen LogP contribution in [0.15, 0.2) is 0 Å². The van der Waals surface area contributed by atoms with Crippen LogP contribution in [0.2, 0.25) is 0 Å². The molecule has 2 atom stereocenters. The third-order valence-electron chi connectivity index (χ3n) is 2.62. The maximum Gasteiger partial charge on any atom is 0.389 e. The lowest BCUT2D eigenvalue weighted by atomic mass is 9.88. The van der Waals surface area contributed by atoms with Gasteiger partial charge in [-0.3, -0.25) is 0 Å². The van der Waals surface area contributed by atoms with Gasteiger partial charge in [0.2, 0.25) is 0 Å². The number of hydrogen-bond donors (Lipinski definition) is 1. The average molecular weight is 197 g/mol. The van der Waals surface area contributed by atoms with Crippen molar-refractivity contribution in [2.24, 2.45) is 5.73 Å². The monoisotopic (exact) mass is 197 g/mol. The molecule has 13 heavy (non-hydrogen) atoms. The molecule has 2 N–H and O–H groups in total. The zero-order valence-electron chi connectivity index (χ0n) is 7.53. The van der Waals surface area contributed by atoms with E-state index in [9.17, 15) is 13.2 Å². The summed E-state index contributed by atoms with van der Waals surface area (Å²) in [5.41, 5.74) is 5.00. The summed E-state index contributed by atoms with van der Waals surface area (Å²) in [7, 11) is 0. The summed E-state index contributed by atoms with van der Waals surface area (Å²) in [6, 6.07) is 0. The number of alkyl halides is 3. The maximum atomic E-state index is 11.9. The normalized spacial score (nSPS) is 35.3. The van der Waals surface area contributed by atoms with Crippen LogP contribution in [0.5, 0.6) is 0 Å². The molecule has 2 unspecified atom stereocenters. The summed E-state index contributed by atoms with van der Waals surface area (Å²) in [4.78, 5) is 0. The molecule has 1 saturated heterocycles. The van der Waals surface area contributed by atoms with Crippen LogP contribution in [-0.2, 0) is 4.74 Å². The molecule has 1 heterocycles. The van der Waals surface area contributed by atoms with E-state index in [0.717, 1.165) is 0 Å². The fourth-order valence-electron chi connectivity index (χ4n) is 1.50. The van der Waals surface area contributed by atoms with Gasteiger partial charge in [-0.1, -0.05) is 0 Å². The molecule has 0 aromatic rings. The molecule has 1 aliphatic rings. The van der Waals surface area contributed by atoms with Crippen LogP contribution in [0, 0.1) is 0 Å². The summed E-state index contributed by atoms with van der Waals surface area (Å²) >= 11 is 0. The second-order valence-electron chi connectivity index (χ2n) is 3.61. The first-order valence-corrected chi connectivity index (χ1v) is 4.31. The SMILES string of the molecule is CC1OCCC1(N)CCC(F)(F)F. The van der Waals surface area contributed by atoms with Crippen LogP contribution in [0.3, 0.4) is 0 Å². The maximum absolute atomic E-state index is 11.9. The standard InChI is InChI=1S/C8H14F3NO/c1-6-7(12,4-5-13-6)2-3-8(9,10)11/h6H,2-5,12H2,1H3. The minimum Gasteiger partial charge on any atom is -0.377 e. The highest BCUT2D eigenvalue weighted by atomic mass is 19.4. The summed E-state index contributed by atoms with van der Waals surface area (Å²) in [5, 5.41) is 0. The van der Waals surface area contributed by atoms with E-state index in [4.69, 9.17) is 10.5 Å². The number of nitrogens with two attached hydrogens (primary N) is 1. The fraction of sp³-hybridized carbons (Fsp3) is 1.00. The van der Waals surface area contributed by atoms with Crippen LogP contribution in [0.25, 0.3) is 0 Å². The van der Waals surface area contributed by atoms with Gasteiger partial charge in [0.1, 0.15) is 0 Å². The molecule has 0 radical (unpaired) electrons. The average Bonchev–Trinajstić information content (AvgIpc) is 2.29. The zero-order chi connectivity index (χ0) is 10.1. The van der Waals surface area contributed by atoms with Crippen molar-refractivity contribution in [1.29, 1.82) is 0 Å². The largest absolute Gasteiger partial charge is 0.389 e. The molecule has 1 rings (SSSR count). The number of hydrogen-bond acceptors (Lipinski definition) is 2.